The van der Waals surface area contributed by atoms with Crippen LogP contribution in [0, 0.1) is 29.6 Å². The Hall–Kier alpha value is -0.0700. The molecule has 132 valence electrons. The van der Waals surface area contributed by atoms with Crippen LogP contribution in [0.1, 0.15) is 98.8 Å². The summed E-state index contributed by atoms with van der Waals surface area (Å²) in [7, 11) is 0. The van der Waals surface area contributed by atoms with Crippen LogP contribution in [0.4, 0.5) is 4.39 Å². The summed E-state index contributed by atoms with van der Waals surface area (Å²) in [5.41, 5.74) is 0. The summed E-state index contributed by atoms with van der Waals surface area (Å²) in [5, 5.41) is 0. The Kier molecular flexibility index (Phi) is 9.68. The van der Waals surface area contributed by atoms with Gasteiger partial charge in [0.2, 0.25) is 0 Å². The molecule has 3 atom stereocenters. The van der Waals surface area contributed by atoms with E-state index in [9.17, 15) is 4.39 Å². The number of hydrogen-bond donors (Lipinski definition) is 0. The molecule has 0 aromatic heterocycles. The third-order valence-corrected chi connectivity index (χ3v) is 6.02. The highest BCUT2D eigenvalue weighted by Gasteiger charge is 2.32. The molecular weight excluding hydrogens is 271 g/mol. The second-order valence-electron chi connectivity index (χ2n) is 8.39. The number of halogens is 1. The zero-order chi connectivity index (χ0) is 16.5. The molecule has 0 aromatic rings. The molecule has 0 saturated heterocycles. The normalized spacial score (nSPS) is 26.9. The lowest BCUT2D eigenvalue weighted by Crippen LogP contribution is -2.29. The summed E-state index contributed by atoms with van der Waals surface area (Å²) < 4.78 is 13.4. The van der Waals surface area contributed by atoms with Gasteiger partial charge in [-0.25, -0.2) is 4.39 Å². The summed E-state index contributed by atoms with van der Waals surface area (Å²) >= 11 is 0. The van der Waals surface area contributed by atoms with Gasteiger partial charge >= 0.3 is 0 Å². The second kappa shape index (κ2) is 10.7. The van der Waals surface area contributed by atoms with Gasteiger partial charge in [-0.2, -0.15) is 0 Å². The maximum absolute atomic E-state index is 13.4. The largest absolute Gasteiger partial charge is 0.248 e. The fourth-order valence-electron chi connectivity index (χ4n) is 4.73. The first-order chi connectivity index (χ1) is 10.5. The topological polar surface area (TPSA) is 0 Å². The maximum Gasteiger partial charge on any atom is 0.0973 e. The van der Waals surface area contributed by atoms with Gasteiger partial charge in [0, 0.05) is 0 Å². The average molecular weight is 313 g/mol. The first-order valence-corrected chi connectivity index (χ1v) is 10.1. The van der Waals surface area contributed by atoms with Crippen molar-refractivity contribution in [2.24, 2.45) is 29.6 Å². The molecule has 1 rings (SSSR count). The maximum atomic E-state index is 13.4. The van der Waals surface area contributed by atoms with Gasteiger partial charge in [-0.1, -0.05) is 59.8 Å². The highest BCUT2D eigenvalue weighted by Crippen LogP contribution is 2.43. The van der Waals surface area contributed by atoms with Gasteiger partial charge in [-0.3, -0.25) is 0 Å². The Labute approximate surface area is 139 Å². The summed E-state index contributed by atoms with van der Waals surface area (Å²) in [6.45, 7) is 11.1. The Morgan fingerprint density at radius 1 is 0.909 bits per heavy atom. The molecule has 1 aliphatic carbocycles. The van der Waals surface area contributed by atoms with E-state index < -0.39 is 6.17 Å². The fourth-order valence-corrected chi connectivity index (χ4v) is 4.73. The zero-order valence-electron chi connectivity index (χ0n) is 15.9. The van der Waals surface area contributed by atoms with Crippen LogP contribution >= 0.6 is 0 Å². The standard InChI is InChI=1S/C21H41F/c1-6-8-19(12-9-17(5)22)21(15-16(3)4)20-13-10-18(7-2)11-14-20/h16-21H,6-15H2,1-5H3. The summed E-state index contributed by atoms with van der Waals surface area (Å²) in [4.78, 5) is 0. The van der Waals surface area contributed by atoms with E-state index in [-0.39, 0.29) is 0 Å². The van der Waals surface area contributed by atoms with E-state index in [0.29, 0.717) is 0 Å². The Balaban J connectivity index is 2.70. The van der Waals surface area contributed by atoms with Crippen LogP contribution in [0.25, 0.3) is 0 Å². The van der Waals surface area contributed by atoms with Crippen molar-refractivity contribution in [3.05, 3.63) is 0 Å². The predicted octanol–water partition coefficient (Wildman–Crippen LogP) is 7.42. The van der Waals surface area contributed by atoms with Gasteiger partial charge in [0.1, 0.15) is 0 Å². The molecule has 0 aromatic carbocycles. The monoisotopic (exact) mass is 312 g/mol. The molecule has 0 spiro atoms. The second-order valence-corrected chi connectivity index (χ2v) is 8.39. The molecule has 0 radical (unpaired) electrons. The van der Waals surface area contributed by atoms with Crippen molar-refractivity contribution in [2.45, 2.75) is 105 Å². The molecule has 1 saturated carbocycles. The van der Waals surface area contributed by atoms with E-state index in [2.05, 4.69) is 27.7 Å². The number of rotatable bonds is 10. The first-order valence-electron chi connectivity index (χ1n) is 10.1. The zero-order valence-corrected chi connectivity index (χ0v) is 15.9. The lowest BCUT2D eigenvalue weighted by molar-refractivity contribution is 0.112. The van der Waals surface area contributed by atoms with E-state index in [1.165, 1.54) is 51.4 Å². The molecule has 0 amide bonds. The van der Waals surface area contributed by atoms with E-state index in [4.69, 9.17) is 0 Å². The Morgan fingerprint density at radius 3 is 2.00 bits per heavy atom. The minimum atomic E-state index is -0.630. The molecule has 22 heavy (non-hydrogen) atoms. The van der Waals surface area contributed by atoms with Crippen molar-refractivity contribution >= 4 is 0 Å². The van der Waals surface area contributed by atoms with E-state index in [1.807, 2.05) is 0 Å². The Bertz CT molecular complexity index is 263. The molecule has 0 bridgehead atoms. The van der Waals surface area contributed by atoms with Crippen LogP contribution in [-0.4, -0.2) is 6.17 Å². The van der Waals surface area contributed by atoms with Crippen LogP contribution < -0.4 is 0 Å². The minimum absolute atomic E-state index is 0.630. The molecule has 1 heteroatoms. The van der Waals surface area contributed by atoms with Crippen molar-refractivity contribution in [1.29, 1.82) is 0 Å². The van der Waals surface area contributed by atoms with Crippen molar-refractivity contribution in [3.8, 4) is 0 Å². The molecule has 1 fully saturated rings. The SMILES string of the molecule is CCCC(CCC(C)F)C(CC(C)C)C1CCC(CC)CC1. The van der Waals surface area contributed by atoms with Gasteiger partial charge in [-0.15, -0.1) is 0 Å². The molecule has 1 aliphatic rings. The summed E-state index contributed by atoms with van der Waals surface area (Å²) in [6.07, 6.45) is 12.3. The van der Waals surface area contributed by atoms with Crippen LogP contribution in [-0.2, 0) is 0 Å². The quantitative estimate of drug-likeness (QED) is 0.393. The third kappa shape index (κ3) is 7.01. The van der Waals surface area contributed by atoms with Crippen LogP contribution in [0.2, 0.25) is 0 Å². The molecule has 0 heterocycles. The third-order valence-electron chi connectivity index (χ3n) is 6.02. The van der Waals surface area contributed by atoms with E-state index in [0.717, 1.165) is 42.4 Å². The highest BCUT2D eigenvalue weighted by atomic mass is 19.1. The minimum Gasteiger partial charge on any atom is -0.248 e. The van der Waals surface area contributed by atoms with Crippen molar-refractivity contribution in [3.63, 3.8) is 0 Å². The smallest absolute Gasteiger partial charge is 0.0973 e. The van der Waals surface area contributed by atoms with Gasteiger partial charge in [-0.05, 0) is 68.6 Å². The number of hydrogen-bond acceptors (Lipinski definition) is 0. The molecule has 0 nitrogen and oxygen atoms in total. The van der Waals surface area contributed by atoms with Crippen molar-refractivity contribution < 1.29 is 4.39 Å². The van der Waals surface area contributed by atoms with Gasteiger partial charge in [0.05, 0.1) is 6.17 Å². The molecule has 3 unspecified atom stereocenters. The van der Waals surface area contributed by atoms with Gasteiger partial charge in [0.25, 0.3) is 0 Å². The lowest BCUT2D eigenvalue weighted by Gasteiger charge is -2.39. The van der Waals surface area contributed by atoms with Crippen LogP contribution in [0.15, 0.2) is 0 Å². The molecule has 0 N–H and O–H groups in total. The summed E-state index contributed by atoms with van der Waals surface area (Å²) in [6, 6.07) is 0. The van der Waals surface area contributed by atoms with Gasteiger partial charge < -0.3 is 0 Å². The van der Waals surface area contributed by atoms with Crippen molar-refractivity contribution in [1.82, 2.24) is 0 Å². The fraction of sp³-hybridized carbons (Fsp3) is 1.00. The van der Waals surface area contributed by atoms with Gasteiger partial charge in [0.15, 0.2) is 0 Å². The molecular formula is C21H41F. The summed E-state index contributed by atoms with van der Waals surface area (Å²) in [5.74, 6) is 4.27. The average Bonchev–Trinajstić information content (AvgIpc) is 2.49. The lowest BCUT2D eigenvalue weighted by atomic mass is 9.66. The predicted molar refractivity (Wildman–Crippen MR) is 96.9 cm³/mol. The van der Waals surface area contributed by atoms with Crippen LogP contribution in [0.5, 0.6) is 0 Å². The number of alkyl halides is 1. The van der Waals surface area contributed by atoms with Crippen LogP contribution in [0.3, 0.4) is 0 Å². The van der Waals surface area contributed by atoms with Crippen molar-refractivity contribution in [2.75, 3.05) is 0 Å². The first kappa shape index (κ1) is 20.0. The van der Waals surface area contributed by atoms with E-state index >= 15 is 0 Å². The Morgan fingerprint density at radius 2 is 1.55 bits per heavy atom. The van der Waals surface area contributed by atoms with E-state index in [1.54, 1.807) is 6.92 Å². The molecule has 0 aliphatic heterocycles. The highest BCUT2D eigenvalue weighted by molar-refractivity contribution is 4.83.